The maximum Gasteiger partial charge on any atom is 0.371 e. The van der Waals surface area contributed by atoms with E-state index in [0.717, 1.165) is 13.0 Å². The fraction of sp³-hybridized carbons (Fsp3) is 0.538. The normalized spacial score (nSPS) is 10.6. The Labute approximate surface area is 118 Å². The van der Waals surface area contributed by atoms with Gasteiger partial charge >= 0.3 is 12.0 Å². The Morgan fingerprint density at radius 1 is 1.25 bits per heavy atom. The largest absolute Gasteiger partial charge is 0.475 e. The summed E-state index contributed by atoms with van der Waals surface area (Å²) in [4.78, 5) is 26.1. The van der Waals surface area contributed by atoms with Crippen LogP contribution in [0, 0.1) is 0 Å². The molecule has 7 heteroatoms. The molecule has 0 saturated carbocycles. The topological polar surface area (TPSA) is 86.0 Å². The minimum Gasteiger partial charge on any atom is -0.475 e. The van der Waals surface area contributed by atoms with Gasteiger partial charge in [0.15, 0.2) is 0 Å². The predicted molar refractivity (Wildman–Crippen MR) is 73.7 cm³/mol. The van der Waals surface area contributed by atoms with Crippen molar-refractivity contribution >= 4 is 12.0 Å². The van der Waals surface area contributed by atoms with Crippen molar-refractivity contribution in [2.45, 2.75) is 13.0 Å². The highest BCUT2D eigenvalue weighted by Crippen LogP contribution is 2.07. The fourth-order valence-corrected chi connectivity index (χ4v) is 1.61. The van der Waals surface area contributed by atoms with E-state index in [2.05, 4.69) is 10.2 Å². The van der Waals surface area contributed by atoms with E-state index >= 15 is 0 Å². The number of hydrogen-bond acceptors (Lipinski definition) is 4. The third kappa shape index (κ3) is 5.31. The summed E-state index contributed by atoms with van der Waals surface area (Å²) in [5.41, 5.74) is 0. The average Bonchev–Trinajstić information content (AvgIpc) is 2.84. The molecule has 0 bridgehead atoms. The number of furan rings is 1. The number of carbonyl (C=O) groups is 2. The van der Waals surface area contributed by atoms with Crippen LogP contribution in [0.25, 0.3) is 0 Å². The smallest absolute Gasteiger partial charge is 0.371 e. The first-order valence-corrected chi connectivity index (χ1v) is 6.36. The van der Waals surface area contributed by atoms with Gasteiger partial charge in [0.25, 0.3) is 0 Å². The molecule has 2 amide bonds. The summed E-state index contributed by atoms with van der Waals surface area (Å²) < 4.78 is 5.05. The molecule has 0 atom stereocenters. The van der Waals surface area contributed by atoms with Crippen LogP contribution in [0.1, 0.15) is 22.7 Å². The monoisotopic (exact) mass is 283 g/mol. The van der Waals surface area contributed by atoms with Crippen LogP contribution in [-0.4, -0.2) is 61.1 Å². The van der Waals surface area contributed by atoms with Crippen LogP contribution in [-0.2, 0) is 6.54 Å². The number of urea groups is 1. The van der Waals surface area contributed by atoms with Gasteiger partial charge in [-0.25, -0.2) is 9.59 Å². The van der Waals surface area contributed by atoms with Crippen molar-refractivity contribution in [3.05, 3.63) is 23.7 Å². The van der Waals surface area contributed by atoms with Gasteiger partial charge in [0.2, 0.25) is 5.76 Å². The molecule has 0 unspecified atom stereocenters. The molecule has 1 aromatic rings. The lowest BCUT2D eigenvalue weighted by Crippen LogP contribution is -2.38. The zero-order chi connectivity index (χ0) is 15.1. The molecule has 7 nitrogen and oxygen atoms in total. The number of aromatic carboxylic acids is 1. The minimum absolute atomic E-state index is 0.131. The summed E-state index contributed by atoms with van der Waals surface area (Å²) in [6.07, 6.45) is 0.890. The molecule has 0 saturated heterocycles. The summed E-state index contributed by atoms with van der Waals surface area (Å²) >= 11 is 0. The summed E-state index contributed by atoms with van der Waals surface area (Å²) in [7, 11) is 5.68. The van der Waals surface area contributed by atoms with E-state index in [1.54, 1.807) is 11.9 Å². The van der Waals surface area contributed by atoms with Gasteiger partial charge in [-0.3, -0.25) is 0 Å². The molecule has 0 aliphatic rings. The van der Waals surface area contributed by atoms with E-state index in [0.29, 0.717) is 12.3 Å². The number of hydrogen-bond donors (Lipinski definition) is 2. The number of carbonyl (C=O) groups excluding carboxylic acids is 1. The van der Waals surface area contributed by atoms with Gasteiger partial charge in [-0.15, -0.1) is 0 Å². The summed E-state index contributed by atoms with van der Waals surface area (Å²) in [5.74, 6) is -0.839. The number of rotatable bonds is 7. The number of carboxylic acids is 1. The first-order valence-electron chi connectivity index (χ1n) is 6.36. The Kier molecular flexibility index (Phi) is 6.05. The summed E-state index contributed by atoms with van der Waals surface area (Å²) in [5, 5.41) is 11.4. The Balaban J connectivity index is 2.32. The second kappa shape index (κ2) is 7.54. The van der Waals surface area contributed by atoms with Gasteiger partial charge in [0, 0.05) is 13.6 Å². The Bertz CT molecular complexity index is 456. The van der Waals surface area contributed by atoms with E-state index in [-0.39, 0.29) is 18.3 Å². The first kappa shape index (κ1) is 16.0. The lowest BCUT2D eigenvalue weighted by Gasteiger charge is -2.18. The van der Waals surface area contributed by atoms with Crippen molar-refractivity contribution in [2.75, 3.05) is 34.2 Å². The summed E-state index contributed by atoms with van der Waals surface area (Å²) in [6, 6.07) is 2.69. The van der Waals surface area contributed by atoms with Crippen molar-refractivity contribution < 1.29 is 19.1 Å². The molecule has 0 aromatic carbocycles. The number of carboxylic acid groups (broad SMARTS) is 1. The Morgan fingerprint density at radius 3 is 2.50 bits per heavy atom. The van der Waals surface area contributed by atoms with E-state index < -0.39 is 5.97 Å². The molecule has 0 aliphatic carbocycles. The van der Waals surface area contributed by atoms with E-state index in [4.69, 9.17) is 9.52 Å². The van der Waals surface area contributed by atoms with E-state index in [9.17, 15) is 9.59 Å². The van der Waals surface area contributed by atoms with Gasteiger partial charge in [0.05, 0.1) is 6.54 Å². The maximum atomic E-state index is 11.8. The lowest BCUT2D eigenvalue weighted by atomic mass is 10.4. The second-order valence-electron chi connectivity index (χ2n) is 4.81. The molecule has 2 N–H and O–H groups in total. The number of amides is 2. The molecule has 0 radical (unpaired) electrons. The van der Waals surface area contributed by atoms with E-state index in [1.165, 1.54) is 12.1 Å². The highest BCUT2D eigenvalue weighted by atomic mass is 16.4. The molecule has 20 heavy (non-hydrogen) atoms. The van der Waals surface area contributed by atoms with Crippen LogP contribution in [0.15, 0.2) is 16.5 Å². The van der Waals surface area contributed by atoms with Gasteiger partial charge in [-0.05, 0) is 39.2 Å². The van der Waals surface area contributed by atoms with Crippen molar-refractivity contribution in [1.82, 2.24) is 15.1 Å². The van der Waals surface area contributed by atoms with E-state index in [1.807, 2.05) is 14.1 Å². The van der Waals surface area contributed by atoms with Gasteiger partial charge in [0.1, 0.15) is 5.76 Å². The molecular formula is C13H21N3O4. The molecular weight excluding hydrogens is 262 g/mol. The average molecular weight is 283 g/mol. The zero-order valence-corrected chi connectivity index (χ0v) is 12.0. The van der Waals surface area contributed by atoms with Crippen LogP contribution in [0.4, 0.5) is 4.79 Å². The Hall–Kier alpha value is -2.02. The molecule has 112 valence electrons. The molecule has 1 aromatic heterocycles. The predicted octanol–water partition coefficient (Wildman–Crippen LogP) is 1.07. The van der Waals surface area contributed by atoms with Gasteiger partial charge < -0.3 is 24.6 Å². The van der Waals surface area contributed by atoms with Crippen LogP contribution < -0.4 is 5.32 Å². The fourth-order valence-electron chi connectivity index (χ4n) is 1.61. The molecule has 0 aliphatic heterocycles. The Morgan fingerprint density at radius 2 is 1.95 bits per heavy atom. The number of nitrogens with one attached hydrogen (secondary N) is 1. The molecule has 1 rings (SSSR count). The minimum atomic E-state index is -1.12. The first-order chi connectivity index (χ1) is 9.40. The molecule has 0 fully saturated rings. The van der Waals surface area contributed by atoms with Crippen LogP contribution in [0.5, 0.6) is 0 Å². The highest BCUT2D eigenvalue weighted by molar-refractivity contribution is 5.84. The number of nitrogens with zero attached hydrogens (tertiary/aromatic N) is 2. The van der Waals surface area contributed by atoms with Gasteiger partial charge in [-0.1, -0.05) is 0 Å². The lowest BCUT2D eigenvalue weighted by molar-refractivity contribution is 0.0660. The van der Waals surface area contributed by atoms with Crippen molar-refractivity contribution in [1.29, 1.82) is 0 Å². The van der Waals surface area contributed by atoms with Crippen molar-refractivity contribution in [2.24, 2.45) is 0 Å². The highest BCUT2D eigenvalue weighted by Gasteiger charge is 2.11. The van der Waals surface area contributed by atoms with Crippen LogP contribution >= 0.6 is 0 Å². The van der Waals surface area contributed by atoms with Crippen LogP contribution in [0.2, 0.25) is 0 Å². The third-order valence-electron chi connectivity index (χ3n) is 2.73. The second-order valence-corrected chi connectivity index (χ2v) is 4.81. The van der Waals surface area contributed by atoms with Gasteiger partial charge in [-0.2, -0.15) is 0 Å². The summed E-state index contributed by atoms with van der Waals surface area (Å²) in [6.45, 7) is 1.74. The van der Waals surface area contributed by atoms with Crippen LogP contribution in [0.3, 0.4) is 0 Å². The standard InChI is InChI=1S/C13H21N3O4/c1-15(2)7-4-8-16(3)13(19)14-9-10-5-6-11(20-10)12(17)18/h5-6H,4,7-9H2,1-3H3,(H,14,19)(H,17,18). The maximum absolute atomic E-state index is 11.8. The van der Waals surface area contributed by atoms with Crippen molar-refractivity contribution in [3.8, 4) is 0 Å². The zero-order valence-electron chi connectivity index (χ0n) is 12.0. The SMILES string of the molecule is CN(C)CCCN(C)C(=O)NCc1ccc(C(=O)O)o1. The third-order valence-corrected chi connectivity index (χ3v) is 2.73. The molecule has 1 heterocycles. The quantitative estimate of drug-likeness (QED) is 0.781. The molecule has 0 spiro atoms. The van der Waals surface area contributed by atoms with Crippen molar-refractivity contribution in [3.63, 3.8) is 0 Å².